The van der Waals surface area contributed by atoms with E-state index >= 15 is 0 Å². The van der Waals surface area contributed by atoms with Crippen molar-refractivity contribution in [2.75, 3.05) is 0 Å². The van der Waals surface area contributed by atoms with Gasteiger partial charge in [-0.25, -0.2) is 0 Å². The zero-order valence-corrected chi connectivity index (χ0v) is 22.3. The normalized spacial score (nSPS) is 11.8. The molecule has 0 aromatic heterocycles. The zero-order chi connectivity index (χ0) is 22.0. The first-order valence-corrected chi connectivity index (χ1v) is 14.1. The quantitative estimate of drug-likeness (QED) is 0.174. The molecule has 0 saturated heterocycles. The maximum atomic E-state index is 10.4. The molecule has 0 radical (unpaired) electrons. The minimum atomic E-state index is -4.00. The van der Waals surface area contributed by atoms with Gasteiger partial charge >= 0.3 is 115 Å². The Morgan fingerprint density at radius 3 is 1.45 bits per heavy atom. The smallest absolute Gasteiger partial charge is 0.282 e. The fraction of sp³-hybridized carbons (Fsp3) is 0.750. The van der Waals surface area contributed by atoms with Crippen molar-refractivity contribution < 1.29 is 13.0 Å². The van der Waals surface area contributed by atoms with Crippen LogP contribution in [0.1, 0.15) is 111 Å². The van der Waals surface area contributed by atoms with Gasteiger partial charge in [0.1, 0.15) is 0 Å². The molecule has 1 rings (SSSR count). The molecule has 164 valence electrons. The van der Waals surface area contributed by atoms with E-state index in [1.807, 2.05) is 0 Å². The molecule has 0 aliphatic carbocycles. The van der Waals surface area contributed by atoms with Crippen LogP contribution in [0.5, 0.6) is 0 Å². The molecular formula is C24H43NaO3S. The molecule has 0 heterocycles. The molecule has 1 aromatic carbocycles. The standard InChI is InChI=1S/C18H37.C6H6O3S.Na/c1-4-5-6-7-8-9-10-11-12-13-14-15-16-17-18(2)3;7-10(8,9)6-4-2-1-3-5-6;/h4-17H2,1-3H3;1-5H,(H,7,8,9);. The topological polar surface area (TPSA) is 54.4 Å². The second-order valence-electron chi connectivity index (χ2n) is 9.34. The molecule has 0 aliphatic rings. The third kappa shape index (κ3) is 21.2. The first-order chi connectivity index (χ1) is 13.7. The Morgan fingerprint density at radius 2 is 1.14 bits per heavy atom. The summed E-state index contributed by atoms with van der Waals surface area (Å²) in [5.41, 5.74) is 0. The Morgan fingerprint density at radius 1 is 0.759 bits per heavy atom. The fourth-order valence-electron chi connectivity index (χ4n) is 3.27. The SMILES string of the molecule is CCCCCCCCCCCCCCC[C](C)(C)[Na].O=S(=O)(O)c1ccccc1. The number of rotatable bonds is 15. The van der Waals surface area contributed by atoms with Crippen LogP contribution >= 0.6 is 0 Å². The van der Waals surface area contributed by atoms with E-state index in [9.17, 15) is 8.42 Å². The van der Waals surface area contributed by atoms with Crippen molar-refractivity contribution in [3.8, 4) is 0 Å². The fourth-order valence-corrected chi connectivity index (χ4v) is 4.12. The van der Waals surface area contributed by atoms with Gasteiger partial charge in [0, 0.05) is 0 Å². The summed E-state index contributed by atoms with van der Waals surface area (Å²) in [6, 6.07) is 7.42. The predicted molar refractivity (Wildman–Crippen MR) is 126 cm³/mol. The van der Waals surface area contributed by atoms with E-state index in [0.717, 1.165) is 0 Å². The minimum absolute atomic E-state index is 0.0741. The van der Waals surface area contributed by atoms with Crippen LogP contribution in [-0.2, 0) is 10.1 Å². The summed E-state index contributed by atoms with van der Waals surface area (Å²) in [7, 11) is -4.00. The van der Waals surface area contributed by atoms with Crippen LogP contribution in [0.4, 0.5) is 0 Å². The summed E-state index contributed by atoms with van der Waals surface area (Å²) in [6.45, 7) is 7.13. The van der Waals surface area contributed by atoms with Crippen LogP contribution in [0.15, 0.2) is 35.2 Å². The summed E-state index contributed by atoms with van der Waals surface area (Å²) < 4.78 is 29.9. The van der Waals surface area contributed by atoms with Gasteiger partial charge in [-0.2, -0.15) is 8.42 Å². The molecule has 3 nitrogen and oxygen atoms in total. The van der Waals surface area contributed by atoms with Crippen molar-refractivity contribution >= 4 is 38.0 Å². The maximum Gasteiger partial charge on any atom is 0.294 e. The Labute approximate surface area is 198 Å². The number of hydrogen-bond acceptors (Lipinski definition) is 2. The third-order valence-corrected chi connectivity index (χ3v) is 6.44. The molecule has 1 aromatic rings. The van der Waals surface area contributed by atoms with Crippen LogP contribution < -0.4 is 0 Å². The van der Waals surface area contributed by atoms with E-state index in [1.165, 1.54) is 130 Å². The Kier molecular flexibility index (Phi) is 17.9. The van der Waals surface area contributed by atoms with Crippen LogP contribution in [0.2, 0.25) is 2.66 Å². The molecule has 5 heteroatoms. The second-order valence-corrected chi connectivity index (χ2v) is 13.5. The summed E-state index contributed by atoms with van der Waals surface area (Å²) in [5.74, 6) is 0. The third-order valence-electron chi connectivity index (χ3n) is 5.07. The van der Waals surface area contributed by atoms with Crippen LogP contribution in [-0.4, -0.2) is 40.9 Å². The first-order valence-electron chi connectivity index (χ1n) is 11.7. The van der Waals surface area contributed by atoms with Crippen molar-refractivity contribution in [3.63, 3.8) is 0 Å². The van der Waals surface area contributed by atoms with Crippen LogP contribution in [0.3, 0.4) is 0 Å². The molecule has 0 unspecified atom stereocenters. The van der Waals surface area contributed by atoms with E-state index < -0.39 is 10.1 Å². The Hall–Kier alpha value is 0.130. The van der Waals surface area contributed by atoms with E-state index in [0.29, 0.717) is 2.66 Å². The van der Waals surface area contributed by atoms with Gasteiger partial charge in [-0.15, -0.1) is 0 Å². The predicted octanol–water partition coefficient (Wildman–Crippen LogP) is 7.77. The number of benzene rings is 1. The molecule has 29 heavy (non-hydrogen) atoms. The molecular weight excluding hydrogens is 391 g/mol. The first kappa shape index (κ1) is 29.1. The molecule has 0 atom stereocenters. The molecule has 0 saturated carbocycles. The van der Waals surface area contributed by atoms with E-state index in [4.69, 9.17) is 4.55 Å². The molecule has 0 amide bonds. The minimum Gasteiger partial charge on any atom is -0.282 e. The largest absolute Gasteiger partial charge is 0.294 e. The average molecular weight is 435 g/mol. The van der Waals surface area contributed by atoms with Gasteiger partial charge in [0.15, 0.2) is 0 Å². The number of hydrogen-bond donors (Lipinski definition) is 1. The van der Waals surface area contributed by atoms with Gasteiger partial charge in [-0.05, 0) is 12.1 Å². The Balaban J connectivity index is 0.000000651. The number of unbranched alkanes of at least 4 members (excludes halogenated alkanes) is 12. The zero-order valence-electron chi connectivity index (χ0n) is 19.5. The van der Waals surface area contributed by atoms with Gasteiger partial charge in [0.05, 0.1) is 4.90 Å². The molecule has 0 bridgehead atoms. The summed E-state index contributed by atoms with van der Waals surface area (Å²) in [4.78, 5) is -0.0741. The van der Waals surface area contributed by atoms with Crippen molar-refractivity contribution in [2.45, 2.75) is 118 Å². The average Bonchev–Trinajstić information content (AvgIpc) is 2.65. The van der Waals surface area contributed by atoms with E-state index in [1.54, 1.807) is 18.2 Å². The van der Waals surface area contributed by atoms with E-state index in [-0.39, 0.29) is 4.90 Å². The van der Waals surface area contributed by atoms with Crippen molar-refractivity contribution in [1.29, 1.82) is 0 Å². The second kappa shape index (κ2) is 17.8. The summed E-state index contributed by atoms with van der Waals surface area (Å²) in [6.07, 6.45) is 20.5. The van der Waals surface area contributed by atoms with Gasteiger partial charge in [-0.1, -0.05) is 44.4 Å². The summed E-state index contributed by atoms with van der Waals surface area (Å²) in [5, 5.41) is 0. The maximum absolute atomic E-state index is 10.4. The monoisotopic (exact) mass is 434 g/mol. The van der Waals surface area contributed by atoms with Gasteiger partial charge in [0.2, 0.25) is 0 Å². The van der Waals surface area contributed by atoms with Crippen LogP contribution in [0.25, 0.3) is 0 Å². The van der Waals surface area contributed by atoms with Crippen molar-refractivity contribution in [1.82, 2.24) is 0 Å². The molecule has 1 N–H and O–H groups in total. The van der Waals surface area contributed by atoms with Crippen molar-refractivity contribution in [3.05, 3.63) is 30.3 Å². The van der Waals surface area contributed by atoms with Crippen molar-refractivity contribution in [2.24, 2.45) is 0 Å². The molecule has 0 spiro atoms. The van der Waals surface area contributed by atoms with Gasteiger partial charge in [0.25, 0.3) is 10.1 Å². The summed E-state index contributed by atoms with van der Waals surface area (Å²) >= 11 is 1.35. The van der Waals surface area contributed by atoms with Crippen LogP contribution in [0, 0.1) is 0 Å². The molecule has 0 aliphatic heterocycles. The van der Waals surface area contributed by atoms with Gasteiger partial charge in [-0.3, -0.25) is 4.55 Å². The Bertz CT molecular complexity index is 580. The van der Waals surface area contributed by atoms with Gasteiger partial charge < -0.3 is 0 Å². The van der Waals surface area contributed by atoms with E-state index in [2.05, 4.69) is 20.8 Å². The molecule has 0 fully saturated rings.